The van der Waals surface area contributed by atoms with Crippen molar-refractivity contribution < 1.29 is 14.3 Å². The lowest BCUT2D eigenvalue weighted by molar-refractivity contribution is -0.130. The van der Waals surface area contributed by atoms with Crippen molar-refractivity contribution in [2.75, 3.05) is 6.79 Å². The zero-order valence-corrected chi connectivity index (χ0v) is 15.8. The average Bonchev–Trinajstić information content (AvgIpc) is 3.33. The number of pyridine rings is 1. The second-order valence-electron chi connectivity index (χ2n) is 6.76. The Hall–Kier alpha value is -3.12. The molecule has 1 atom stereocenters. The first kappa shape index (κ1) is 17.0. The third-order valence-corrected chi connectivity index (χ3v) is 5.29. The van der Waals surface area contributed by atoms with E-state index in [-0.39, 0.29) is 18.7 Å². The van der Waals surface area contributed by atoms with Gasteiger partial charge in [-0.3, -0.25) is 4.79 Å². The summed E-state index contributed by atoms with van der Waals surface area (Å²) in [4.78, 5) is 16.8. The number of hydrogen-bond donors (Lipinski definition) is 0. The van der Waals surface area contributed by atoms with E-state index in [9.17, 15) is 4.79 Å². The summed E-state index contributed by atoms with van der Waals surface area (Å²) in [5.74, 6) is 1.20. The molecule has 0 bridgehead atoms. The quantitative estimate of drug-likeness (QED) is 0.608. The van der Waals surface area contributed by atoms with Crippen LogP contribution in [0.3, 0.4) is 0 Å². The Kier molecular flexibility index (Phi) is 3.94. The highest BCUT2D eigenvalue weighted by molar-refractivity contribution is 6.30. The molecule has 0 radical (unpaired) electrons. The SMILES string of the molecule is CC(=O)N1N=C(c2ccccc2)C[C@H]1c1cc2cc3c(cc2nc1Cl)OCO3. The maximum absolute atomic E-state index is 12.3. The molecule has 2 aliphatic heterocycles. The van der Waals surface area contributed by atoms with Gasteiger partial charge >= 0.3 is 0 Å². The summed E-state index contributed by atoms with van der Waals surface area (Å²) in [5.41, 5.74) is 3.32. The number of rotatable bonds is 2. The molecule has 140 valence electrons. The van der Waals surface area contributed by atoms with Gasteiger partial charge < -0.3 is 9.47 Å². The van der Waals surface area contributed by atoms with E-state index in [0.29, 0.717) is 23.1 Å². The van der Waals surface area contributed by atoms with Gasteiger partial charge in [-0.15, -0.1) is 0 Å². The van der Waals surface area contributed by atoms with E-state index in [2.05, 4.69) is 10.1 Å². The zero-order valence-electron chi connectivity index (χ0n) is 15.1. The van der Waals surface area contributed by atoms with Gasteiger partial charge in [0.1, 0.15) is 5.15 Å². The van der Waals surface area contributed by atoms with Gasteiger partial charge in [-0.1, -0.05) is 41.9 Å². The van der Waals surface area contributed by atoms with E-state index in [4.69, 9.17) is 21.1 Å². The Morgan fingerprint density at radius 3 is 2.64 bits per heavy atom. The van der Waals surface area contributed by atoms with E-state index < -0.39 is 0 Å². The topological polar surface area (TPSA) is 64.0 Å². The van der Waals surface area contributed by atoms with Gasteiger partial charge in [-0.05, 0) is 17.7 Å². The van der Waals surface area contributed by atoms with E-state index in [1.54, 1.807) is 0 Å². The van der Waals surface area contributed by atoms with Crippen LogP contribution in [0.15, 0.2) is 53.6 Å². The molecule has 6 nitrogen and oxygen atoms in total. The van der Waals surface area contributed by atoms with Crippen molar-refractivity contribution in [2.45, 2.75) is 19.4 Å². The third-order valence-electron chi connectivity index (χ3n) is 4.99. The Morgan fingerprint density at radius 1 is 1.14 bits per heavy atom. The minimum Gasteiger partial charge on any atom is -0.454 e. The number of ether oxygens (including phenoxy) is 2. The molecule has 7 heteroatoms. The van der Waals surface area contributed by atoms with Crippen molar-refractivity contribution in [2.24, 2.45) is 5.10 Å². The number of hydrogen-bond acceptors (Lipinski definition) is 5. The first-order valence-electron chi connectivity index (χ1n) is 8.92. The van der Waals surface area contributed by atoms with E-state index >= 15 is 0 Å². The number of hydrazone groups is 1. The summed E-state index contributed by atoms with van der Waals surface area (Å²) in [5, 5.41) is 7.28. The molecule has 0 unspecified atom stereocenters. The molecular formula is C21H16ClN3O3. The van der Waals surface area contributed by atoms with Crippen molar-refractivity contribution in [1.82, 2.24) is 9.99 Å². The maximum Gasteiger partial charge on any atom is 0.240 e. The third kappa shape index (κ3) is 2.77. The minimum absolute atomic E-state index is 0.141. The van der Waals surface area contributed by atoms with Gasteiger partial charge in [0.2, 0.25) is 12.7 Å². The fourth-order valence-electron chi connectivity index (χ4n) is 3.64. The number of halogens is 1. The molecule has 1 aromatic heterocycles. The molecule has 0 fully saturated rings. The van der Waals surface area contributed by atoms with Crippen LogP contribution in [-0.4, -0.2) is 28.4 Å². The molecule has 0 N–H and O–H groups in total. The van der Waals surface area contributed by atoms with Crippen molar-refractivity contribution in [1.29, 1.82) is 0 Å². The van der Waals surface area contributed by atoms with Crippen LogP contribution in [0.5, 0.6) is 11.5 Å². The summed E-state index contributed by atoms with van der Waals surface area (Å²) < 4.78 is 10.9. The molecule has 0 saturated heterocycles. The average molecular weight is 394 g/mol. The molecule has 2 aliphatic rings. The number of carbonyl (C=O) groups is 1. The molecule has 0 spiro atoms. The summed E-state index contributed by atoms with van der Waals surface area (Å²) in [6.07, 6.45) is 0.570. The standard InChI is InChI=1S/C21H16ClN3O3/c1-12(26)25-18(9-17(24-25)13-5-3-2-4-6-13)15-7-14-8-19-20(28-11-27-19)10-16(14)23-21(15)22/h2-8,10,18H,9,11H2,1H3/t18-/m0/s1. The van der Waals surface area contributed by atoms with Gasteiger partial charge in [-0.25, -0.2) is 9.99 Å². The lowest BCUT2D eigenvalue weighted by Gasteiger charge is -2.21. The van der Waals surface area contributed by atoms with Gasteiger partial charge in [0, 0.05) is 30.4 Å². The molecule has 1 amide bonds. The Labute approximate surface area is 166 Å². The molecule has 0 saturated carbocycles. The van der Waals surface area contributed by atoms with Crippen molar-refractivity contribution in [3.8, 4) is 11.5 Å². The minimum atomic E-state index is -0.303. The van der Waals surface area contributed by atoms with Crippen LogP contribution in [0.2, 0.25) is 5.15 Å². The van der Waals surface area contributed by atoms with E-state index in [1.807, 2.05) is 48.5 Å². The van der Waals surface area contributed by atoms with E-state index in [0.717, 1.165) is 27.7 Å². The van der Waals surface area contributed by atoms with Crippen LogP contribution >= 0.6 is 11.6 Å². The van der Waals surface area contributed by atoms with Crippen molar-refractivity contribution in [3.63, 3.8) is 0 Å². The Morgan fingerprint density at radius 2 is 1.89 bits per heavy atom. The van der Waals surface area contributed by atoms with Gasteiger partial charge in [0.25, 0.3) is 0 Å². The second-order valence-corrected chi connectivity index (χ2v) is 7.12. The smallest absolute Gasteiger partial charge is 0.240 e. The lowest BCUT2D eigenvalue weighted by Crippen LogP contribution is -2.24. The fourth-order valence-corrected chi connectivity index (χ4v) is 3.91. The second kappa shape index (κ2) is 6.49. The van der Waals surface area contributed by atoms with Crippen molar-refractivity contribution >= 4 is 34.1 Å². The van der Waals surface area contributed by atoms with Crippen LogP contribution in [0, 0.1) is 0 Å². The van der Waals surface area contributed by atoms with Crippen LogP contribution in [0.4, 0.5) is 0 Å². The van der Waals surface area contributed by atoms with Crippen LogP contribution in [-0.2, 0) is 4.79 Å². The van der Waals surface area contributed by atoms with Crippen molar-refractivity contribution in [3.05, 3.63) is 64.8 Å². The Bertz CT molecular complexity index is 1130. The van der Waals surface area contributed by atoms with Gasteiger partial charge in [0.05, 0.1) is 17.3 Å². The van der Waals surface area contributed by atoms with Crippen LogP contribution in [0.25, 0.3) is 10.9 Å². The molecule has 0 aliphatic carbocycles. The van der Waals surface area contributed by atoms with Crippen LogP contribution in [0.1, 0.15) is 30.5 Å². The number of nitrogens with zero attached hydrogens (tertiary/aromatic N) is 3. The van der Waals surface area contributed by atoms with Gasteiger partial charge in [0.15, 0.2) is 11.5 Å². The first-order chi connectivity index (χ1) is 13.6. The van der Waals surface area contributed by atoms with Crippen LogP contribution < -0.4 is 9.47 Å². The Balaban J connectivity index is 1.58. The summed E-state index contributed by atoms with van der Waals surface area (Å²) in [6.45, 7) is 1.70. The zero-order chi connectivity index (χ0) is 19.3. The van der Waals surface area contributed by atoms with Gasteiger partial charge in [-0.2, -0.15) is 5.10 Å². The molecule has 3 heterocycles. The lowest BCUT2D eigenvalue weighted by atomic mass is 9.98. The summed E-state index contributed by atoms with van der Waals surface area (Å²) in [7, 11) is 0. The fraction of sp³-hybridized carbons (Fsp3) is 0.190. The number of carbonyl (C=O) groups excluding carboxylic acids is 1. The highest BCUT2D eigenvalue weighted by Crippen LogP contribution is 2.40. The number of fused-ring (bicyclic) bond motifs is 2. The first-order valence-corrected chi connectivity index (χ1v) is 9.30. The molecule has 28 heavy (non-hydrogen) atoms. The molecule has 2 aromatic carbocycles. The predicted octanol–water partition coefficient (Wildman–Crippen LogP) is 4.31. The normalized spacial score (nSPS) is 17.9. The number of amides is 1. The molecule has 5 rings (SSSR count). The summed E-state index contributed by atoms with van der Waals surface area (Å²) in [6, 6.07) is 15.2. The monoisotopic (exact) mass is 393 g/mol. The largest absolute Gasteiger partial charge is 0.454 e. The number of benzene rings is 2. The maximum atomic E-state index is 12.3. The molecular weight excluding hydrogens is 378 g/mol. The molecule has 3 aromatic rings. The highest BCUT2D eigenvalue weighted by atomic mass is 35.5. The van der Waals surface area contributed by atoms with E-state index in [1.165, 1.54) is 11.9 Å². The highest BCUT2D eigenvalue weighted by Gasteiger charge is 2.33. The summed E-state index contributed by atoms with van der Waals surface area (Å²) >= 11 is 6.53. The number of aromatic nitrogens is 1. The predicted molar refractivity (Wildman–Crippen MR) is 106 cm³/mol.